The number of likely N-dealkylation sites (N-methyl/N-ethyl adjacent to an activating group) is 1. The average molecular weight is 474 g/mol. The average Bonchev–Trinajstić information content (AvgIpc) is 3.41. The van der Waals surface area contributed by atoms with Crippen molar-refractivity contribution in [2.24, 2.45) is 5.92 Å². The van der Waals surface area contributed by atoms with Gasteiger partial charge in [-0.2, -0.15) is 4.31 Å². The Balaban J connectivity index is 1.58. The van der Waals surface area contributed by atoms with Crippen LogP contribution in [0.4, 0.5) is 5.00 Å². The van der Waals surface area contributed by atoms with Crippen LogP contribution in [0, 0.1) is 5.92 Å². The highest BCUT2D eigenvalue weighted by Gasteiger charge is 2.30. The lowest BCUT2D eigenvalue weighted by Gasteiger charge is -2.18. The molecule has 0 aromatic carbocycles. The molecule has 0 radical (unpaired) electrons. The molecule has 3 aromatic rings. The van der Waals surface area contributed by atoms with Crippen LogP contribution in [0.5, 0.6) is 0 Å². The molecule has 168 valence electrons. The van der Waals surface area contributed by atoms with Crippen molar-refractivity contribution in [2.75, 3.05) is 18.9 Å². The monoisotopic (exact) mass is 473 g/mol. The Bertz CT molecular complexity index is 1230. The molecule has 4 rings (SSSR count). The smallest absolute Gasteiger partial charge is 0.244 e. The van der Waals surface area contributed by atoms with Crippen molar-refractivity contribution < 1.29 is 22.4 Å². The SMILES string of the molecule is CC1CCc2c(sc(NC(=O)CN(C)S(=O)(=O)c3cccnc3)c2C(=O)c2ccco2)C1. The fraction of sp³-hybridized carbons (Fsp3) is 0.318. The number of carbonyl (C=O) groups is 2. The van der Waals surface area contributed by atoms with Gasteiger partial charge in [0.2, 0.25) is 21.7 Å². The Kier molecular flexibility index (Phi) is 6.27. The molecule has 0 bridgehead atoms. The number of carbonyl (C=O) groups excluding carboxylic acids is 2. The van der Waals surface area contributed by atoms with Gasteiger partial charge in [0, 0.05) is 24.3 Å². The summed E-state index contributed by atoms with van der Waals surface area (Å²) in [6, 6.07) is 6.18. The molecule has 10 heteroatoms. The van der Waals surface area contributed by atoms with Crippen LogP contribution in [0.25, 0.3) is 0 Å². The zero-order valence-corrected chi connectivity index (χ0v) is 19.3. The van der Waals surface area contributed by atoms with Gasteiger partial charge in [-0.25, -0.2) is 8.42 Å². The molecule has 3 aromatic heterocycles. The fourth-order valence-electron chi connectivity index (χ4n) is 3.74. The van der Waals surface area contributed by atoms with Crippen LogP contribution in [0.2, 0.25) is 0 Å². The number of nitrogens with one attached hydrogen (secondary N) is 1. The van der Waals surface area contributed by atoms with E-state index in [9.17, 15) is 18.0 Å². The number of aromatic nitrogens is 1. The van der Waals surface area contributed by atoms with Gasteiger partial charge in [0.15, 0.2) is 5.76 Å². The van der Waals surface area contributed by atoms with Crippen molar-refractivity contribution in [3.05, 3.63) is 64.7 Å². The van der Waals surface area contributed by atoms with Gasteiger partial charge in [0.05, 0.1) is 18.4 Å². The number of hydrogen-bond acceptors (Lipinski definition) is 7. The van der Waals surface area contributed by atoms with Crippen molar-refractivity contribution in [3.63, 3.8) is 0 Å². The molecule has 1 unspecified atom stereocenters. The minimum absolute atomic E-state index is 0.00422. The van der Waals surface area contributed by atoms with Gasteiger partial charge >= 0.3 is 0 Å². The predicted octanol–water partition coefficient (Wildman–Crippen LogP) is 3.35. The number of amides is 1. The molecular formula is C22H23N3O5S2. The number of rotatable bonds is 7. The Morgan fingerprint density at radius 1 is 1.31 bits per heavy atom. The van der Waals surface area contributed by atoms with Crippen LogP contribution in [-0.4, -0.2) is 43.0 Å². The van der Waals surface area contributed by atoms with Crippen LogP contribution in [0.15, 0.2) is 52.2 Å². The lowest BCUT2D eigenvalue weighted by Crippen LogP contribution is -2.35. The number of sulfonamides is 1. The third kappa shape index (κ3) is 4.38. The van der Waals surface area contributed by atoms with Gasteiger partial charge < -0.3 is 9.73 Å². The summed E-state index contributed by atoms with van der Waals surface area (Å²) in [5, 5.41) is 3.21. The van der Waals surface area contributed by atoms with Gasteiger partial charge in [-0.15, -0.1) is 11.3 Å². The molecule has 0 saturated heterocycles. The van der Waals surface area contributed by atoms with E-state index >= 15 is 0 Å². The topological polar surface area (TPSA) is 110 Å². The molecular weight excluding hydrogens is 450 g/mol. The first-order valence-electron chi connectivity index (χ1n) is 10.2. The number of furan rings is 1. The predicted molar refractivity (Wildman–Crippen MR) is 120 cm³/mol. The molecule has 1 aliphatic rings. The Labute approximate surface area is 190 Å². The van der Waals surface area contributed by atoms with Crippen LogP contribution < -0.4 is 5.32 Å². The number of fused-ring (bicyclic) bond motifs is 1. The second-order valence-electron chi connectivity index (χ2n) is 7.86. The van der Waals surface area contributed by atoms with E-state index in [1.807, 2.05) is 0 Å². The number of thiophene rings is 1. The van der Waals surface area contributed by atoms with Gasteiger partial charge in [0.25, 0.3) is 0 Å². The molecule has 1 N–H and O–H groups in total. The van der Waals surface area contributed by atoms with Crippen LogP contribution in [0.1, 0.15) is 39.9 Å². The summed E-state index contributed by atoms with van der Waals surface area (Å²) < 4.78 is 31.6. The number of hydrogen-bond donors (Lipinski definition) is 1. The first-order valence-corrected chi connectivity index (χ1v) is 12.4. The quantitative estimate of drug-likeness (QED) is 0.527. The summed E-state index contributed by atoms with van der Waals surface area (Å²) in [5.74, 6) is -0.114. The molecule has 1 amide bonds. The molecule has 0 aliphatic heterocycles. The molecule has 1 aliphatic carbocycles. The zero-order valence-electron chi connectivity index (χ0n) is 17.7. The lowest BCUT2D eigenvalue weighted by molar-refractivity contribution is -0.116. The summed E-state index contributed by atoms with van der Waals surface area (Å²) in [4.78, 5) is 30.8. The highest BCUT2D eigenvalue weighted by atomic mass is 32.2. The molecule has 3 heterocycles. The maximum Gasteiger partial charge on any atom is 0.244 e. The first-order chi connectivity index (χ1) is 15.3. The minimum Gasteiger partial charge on any atom is -0.461 e. The molecule has 0 spiro atoms. The molecule has 0 saturated carbocycles. The number of nitrogens with zero attached hydrogens (tertiary/aromatic N) is 2. The van der Waals surface area contributed by atoms with E-state index in [1.165, 1.54) is 49.2 Å². The van der Waals surface area contributed by atoms with E-state index in [0.717, 1.165) is 34.0 Å². The standard InChI is InChI=1S/C22H23N3O5S2/c1-14-7-8-16-18(11-14)31-22(20(16)21(27)17-6-4-10-30-17)24-19(26)13-25(2)32(28,29)15-5-3-9-23-12-15/h3-6,9-10,12,14H,7-8,11,13H2,1-2H3,(H,24,26). The van der Waals surface area contributed by atoms with Crippen molar-refractivity contribution in [3.8, 4) is 0 Å². The van der Waals surface area contributed by atoms with E-state index < -0.39 is 22.5 Å². The summed E-state index contributed by atoms with van der Waals surface area (Å²) in [7, 11) is -2.54. The number of ketones is 1. The molecule has 32 heavy (non-hydrogen) atoms. The molecule has 0 fully saturated rings. The number of anilines is 1. The highest BCUT2D eigenvalue weighted by Crippen LogP contribution is 2.40. The van der Waals surface area contributed by atoms with Crippen molar-refractivity contribution >= 4 is 38.1 Å². The highest BCUT2D eigenvalue weighted by molar-refractivity contribution is 7.89. The normalized spacial score (nSPS) is 16.0. The van der Waals surface area contributed by atoms with E-state index in [0.29, 0.717) is 16.5 Å². The third-order valence-electron chi connectivity index (χ3n) is 5.45. The van der Waals surface area contributed by atoms with Crippen LogP contribution >= 0.6 is 11.3 Å². The number of pyridine rings is 1. The van der Waals surface area contributed by atoms with E-state index in [1.54, 1.807) is 12.1 Å². The second kappa shape index (κ2) is 8.97. The Morgan fingerprint density at radius 3 is 2.81 bits per heavy atom. The minimum atomic E-state index is -3.87. The van der Waals surface area contributed by atoms with E-state index in [4.69, 9.17) is 4.42 Å². The molecule has 8 nitrogen and oxygen atoms in total. The summed E-state index contributed by atoms with van der Waals surface area (Å²) in [5.41, 5.74) is 1.39. The maximum absolute atomic E-state index is 13.1. The summed E-state index contributed by atoms with van der Waals surface area (Å²) in [6.45, 7) is 1.76. The maximum atomic E-state index is 13.1. The second-order valence-corrected chi connectivity index (χ2v) is 11.0. The lowest BCUT2D eigenvalue weighted by atomic mass is 9.87. The van der Waals surface area contributed by atoms with E-state index in [-0.39, 0.29) is 16.4 Å². The van der Waals surface area contributed by atoms with Crippen molar-refractivity contribution in [1.29, 1.82) is 0 Å². The van der Waals surface area contributed by atoms with E-state index in [2.05, 4.69) is 17.2 Å². The largest absolute Gasteiger partial charge is 0.461 e. The summed E-state index contributed by atoms with van der Waals surface area (Å²) >= 11 is 1.38. The Morgan fingerprint density at radius 2 is 2.12 bits per heavy atom. The van der Waals surface area contributed by atoms with Gasteiger partial charge in [0.1, 0.15) is 9.90 Å². The third-order valence-corrected chi connectivity index (χ3v) is 8.40. The van der Waals surface area contributed by atoms with Gasteiger partial charge in [-0.3, -0.25) is 14.6 Å². The fourth-order valence-corrected chi connectivity index (χ4v) is 6.26. The van der Waals surface area contributed by atoms with Crippen molar-refractivity contribution in [2.45, 2.75) is 31.1 Å². The van der Waals surface area contributed by atoms with Crippen molar-refractivity contribution in [1.82, 2.24) is 9.29 Å². The summed E-state index contributed by atoms with van der Waals surface area (Å²) in [6.07, 6.45) is 6.69. The van der Waals surface area contributed by atoms with Crippen LogP contribution in [-0.2, 0) is 27.7 Å². The van der Waals surface area contributed by atoms with Gasteiger partial charge in [-0.1, -0.05) is 6.92 Å². The first kappa shape index (κ1) is 22.4. The zero-order chi connectivity index (χ0) is 22.9. The van der Waals surface area contributed by atoms with Crippen LogP contribution in [0.3, 0.4) is 0 Å². The van der Waals surface area contributed by atoms with Gasteiger partial charge in [-0.05, 0) is 55.0 Å². The Hall–Kier alpha value is -2.82. The molecule has 1 atom stereocenters.